The predicted octanol–water partition coefficient (Wildman–Crippen LogP) is 4.42. The number of carbonyl (C=O) groups excluding carboxylic acids is 2. The van der Waals surface area contributed by atoms with Gasteiger partial charge in [-0.2, -0.15) is 0 Å². The maximum Gasteiger partial charge on any atom is 0.296 e. The summed E-state index contributed by atoms with van der Waals surface area (Å²) in [5.41, 5.74) is 2.06. The number of anilines is 1. The lowest BCUT2D eigenvalue weighted by Gasteiger charge is -2.25. The van der Waals surface area contributed by atoms with Crippen LogP contribution in [0.15, 0.2) is 70.9 Å². The number of halogens is 1. The summed E-state index contributed by atoms with van der Waals surface area (Å²) in [6, 6.07) is 14.1. The summed E-state index contributed by atoms with van der Waals surface area (Å²) >= 11 is 0. The van der Waals surface area contributed by atoms with Gasteiger partial charge in [0.2, 0.25) is 0 Å². The average molecular weight is 434 g/mol. The van der Waals surface area contributed by atoms with E-state index in [2.05, 4.69) is 0 Å². The number of amides is 1. The molecule has 1 amide bonds. The van der Waals surface area contributed by atoms with Gasteiger partial charge in [0.15, 0.2) is 0 Å². The molecule has 1 saturated heterocycles. The largest absolute Gasteiger partial charge is 0.507 e. The van der Waals surface area contributed by atoms with Crippen molar-refractivity contribution in [1.29, 1.82) is 0 Å². The number of hydrogen-bond donors (Lipinski definition) is 1. The lowest BCUT2D eigenvalue weighted by Crippen LogP contribution is -2.29. The van der Waals surface area contributed by atoms with Crippen LogP contribution in [0.3, 0.4) is 0 Å². The fourth-order valence-electron chi connectivity index (χ4n) is 3.81. The summed E-state index contributed by atoms with van der Waals surface area (Å²) in [4.78, 5) is 29.3. The Morgan fingerprint density at radius 3 is 2.44 bits per heavy atom. The van der Waals surface area contributed by atoms with Crippen molar-refractivity contribution in [2.45, 2.75) is 19.5 Å². The number of Topliss-reactive ketones (excluding diaryl/α,β-unsaturated/α-hetero) is 1. The minimum Gasteiger partial charge on any atom is -0.507 e. The van der Waals surface area contributed by atoms with Crippen molar-refractivity contribution >= 4 is 23.1 Å². The lowest BCUT2D eigenvalue weighted by atomic mass is 9.94. The van der Waals surface area contributed by atoms with E-state index >= 15 is 0 Å². The van der Waals surface area contributed by atoms with Crippen LogP contribution in [0.2, 0.25) is 0 Å². The fraction of sp³-hybridized carbons (Fsp3) is 0.200. The molecule has 1 N–H and O–H groups in total. The Kier molecular flexibility index (Phi) is 5.57. The number of benzene rings is 2. The van der Waals surface area contributed by atoms with Gasteiger partial charge in [-0.25, -0.2) is 4.39 Å². The van der Waals surface area contributed by atoms with E-state index in [0.717, 1.165) is 11.8 Å². The Balaban J connectivity index is 1.86. The van der Waals surface area contributed by atoms with Crippen molar-refractivity contribution in [3.8, 4) is 0 Å². The van der Waals surface area contributed by atoms with E-state index in [-0.39, 0.29) is 17.7 Å². The molecule has 32 heavy (non-hydrogen) atoms. The number of hydrogen-bond acceptors (Lipinski definition) is 5. The zero-order valence-corrected chi connectivity index (χ0v) is 18.0. The zero-order valence-electron chi connectivity index (χ0n) is 18.0. The number of likely N-dealkylation sites (tertiary alicyclic amines) is 1. The first-order chi connectivity index (χ1) is 15.3. The van der Waals surface area contributed by atoms with Crippen molar-refractivity contribution < 1.29 is 23.5 Å². The number of rotatable bonds is 5. The first kappa shape index (κ1) is 21.4. The van der Waals surface area contributed by atoms with Gasteiger partial charge in [-0.3, -0.25) is 9.59 Å². The molecule has 0 bridgehead atoms. The summed E-state index contributed by atoms with van der Waals surface area (Å²) in [5, 5.41) is 11.0. The highest BCUT2D eigenvalue weighted by molar-refractivity contribution is 6.46. The van der Waals surface area contributed by atoms with Crippen LogP contribution in [0.5, 0.6) is 0 Å². The molecule has 1 aliphatic heterocycles. The molecule has 0 saturated carbocycles. The van der Waals surface area contributed by atoms with Gasteiger partial charge >= 0.3 is 0 Å². The predicted molar refractivity (Wildman–Crippen MR) is 118 cm³/mol. The minimum absolute atomic E-state index is 0.0523. The quantitative estimate of drug-likeness (QED) is 0.366. The van der Waals surface area contributed by atoms with E-state index in [9.17, 15) is 19.1 Å². The van der Waals surface area contributed by atoms with Crippen molar-refractivity contribution in [3.63, 3.8) is 0 Å². The Bertz CT molecular complexity index is 1200. The van der Waals surface area contributed by atoms with Crippen molar-refractivity contribution in [3.05, 3.63) is 94.7 Å². The SMILES string of the molecule is Cc1ccc(C(O)=C2C(=O)C(=O)N(Cc3ccco3)[C@@H]2c2ccc(N(C)C)cc2)cc1F. The summed E-state index contributed by atoms with van der Waals surface area (Å²) < 4.78 is 19.5. The highest BCUT2D eigenvalue weighted by atomic mass is 19.1. The number of nitrogens with zero attached hydrogens (tertiary/aromatic N) is 2. The molecular weight excluding hydrogens is 411 g/mol. The van der Waals surface area contributed by atoms with E-state index < -0.39 is 29.3 Å². The third-order valence-electron chi connectivity index (χ3n) is 5.62. The maximum atomic E-state index is 14.2. The molecule has 1 aliphatic rings. The van der Waals surface area contributed by atoms with Crippen molar-refractivity contribution in [2.75, 3.05) is 19.0 Å². The third-order valence-corrected chi connectivity index (χ3v) is 5.62. The highest BCUT2D eigenvalue weighted by Gasteiger charge is 2.46. The maximum absolute atomic E-state index is 14.2. The van der Waals surface area contributed by atoms with Gasteiger partial charge in [0.05, 0.1) is 24.4 Å². The first-order valence-electron chi connectivity index (χ1n) is 10.1. The van der Waals surface area contributed by atoms with Crippen LogP contribution in [0.25, 0.3) is 5.76 Å². The molecule has 1 fully saturated rings. The summed E-state index contributed by atoms with van der Waals surface area (Å²) in [6.45, 7) is 1.66. The van der Waals surface area contributed by atoms with Crippen LogP contribution in [-0.2, 0) is 16.1 Å². The molecule has 1 aromatic heterocycles. The molecule has 6 nitrogen and oxygen atoms in total. The topological polar surface area (TPSA) is 74.0 Å². The molecule has 0 aliphatic carbocycles. The molecule has 1 atom stereocenters. The Morgan fingerprint density at radius 2 is 1.84 bits per heavy atom. The second-order valence-corrected chi connectivity index (χ2v) is 7.96. The number of aliphatic hydroxyl groups is 1. The fourth-order valence-corrected chi connectivity index (χ4v) is 3.81. The van der Waals surface area contributed by atoms with Crippen molar-refractivity contribution in [2.24, 2.45) is 0 Å². The molecule has 164 valence electrons. The van der Waals surface area contributed by atoms with Crippen LogP contribution in [0.1, 0.15) is 28.5 Å². The summed E-state index contributed by atoms with van der Waals surface area (Å²) in [7, 11) is 3.81. The van der Waals surface area contributed by atoms with Gasteiger partial charge in [-0.05, 0) is 48.4 Å². The third kappa shape index (κ3) is 3.77. The van der Waals surface area contributed by atoms with E-state index in [1.165, 1.54) is 23.3 Å². The number of ketones is 1. The molecule has 7 heteroatoms. The monoisotopic (exact) mass is 434 g/mol. The van der Waals surface area contributed by atoms with Crippen LogP contribution in [0, 0.1) is 12.7 Å². The zero-order chi connectivity index (χ0) is 23.0. The number of aryl methyl sites for hydroxylation is 1. The first-order valence-corrected chi connectivity index (χ1v) is 10.1. The molecule has 2 heterocycles. The molecule has 0 spiro atoms. The van der Waals surface area contributed by atoms with Crippen LogP contribution in [0.4, 0.5) is 10.1 Å². The standard InChI is InChI=1S/C25H23FN2O4/c1-15-6-7-17(13-20(15)26)23(29)21-22(16-8-10-18(11-9-16)27(2)3)28(25(31)24(21)30)14-19-5-4-12-32-19/h4-13,22,29H,14H2,1-3H3/t22-/m1/s1. The van der Waals surface area contributed by atoms with E-state index in [1.807, 2.05) is 43.3 Å². The second-order valence-electron chi connectivity index (χ2n) is 7.96. The van der Waals surface area contributed by atoms with Gasteiger partial charge in [0.1, 0.15) is 17.3 Å². The van der Waals surface area contributed by atoms with Crippen molar-refractivity contribution in [1.82, 2.24) is 4.90 Å². The van der Waals surface area contributed by atoms with Crippen LogP contribution >= 0.6 is 0 Å². The summed E-state index contributed by atoms with van der Waals surface area (Å²) in [5.74, 6) is -1.99. The Morgan fingerprint density at radius 1 is 1.12 bits per heavy atom. The minimum atomic E-state index is -0.847. The number of furan rings is 1. The molecule has 0 radical (unpaired) electrons. The van der Waals surface area contributed by atoms with E-state index in [4.69, 9.17) is 4.42 Å². The lowest BCUT2D eigenvalue weighted by molar-refractivity contribution is -0.140. The second kappa shape index (κ2) is 8.34. The van der Waals surface area contributed by atoms with E-state index in [0.29, 0.717) is 16.9 Å². The molecule has 3 aromatic rings. The number of carbonyl (C=O) groups is 2. The van der Waals surface area contributed by atoms with E-state index in [1.54, 1.807) is 19.1 Å². The molecular formula is C25H23FN2O4. The Hall–Kier alpha value is -3.87. The molecule has 4 rings (SSSR count). The molecule has 2 aromatic carbocycles. The Labute approximate surface area is 185 Å². The van der Waals surface area contributed by atoms with Gasteiger partial charge in [-0.15, -0.1) is 0 Å². The molecule has 0 unspecified atom stereocenters. The van der Waals surface area contributed by atoms with Crippen LogP contribution in [-0.4, -0.2) is 35.8 Å². The van der Waals surface area contributed by atoms with Gasteiger partial charge in [0.25, 0.3) is 11.7 Å². The number of aliphatic hydroxyl groups excluding tert-OH is 1. The van der Waals surface area contributed by atoms with Gasteiger partial charge in [0, 0.05) is 25.3 Å². The van der Waals surface area contributed by atoms with Gasteiger partial charge < -0.3 is 19.3 Å². The normalized spacial score (nSPS) is 17.8. The van der Waals surface area contributed by atoms with Gasteiger partial charge in [-0.1, -0.05) is 24.3 Å². The van der Waals surface area contributed by atoms with Crippen LogP contribution < -0.4 is 4.90 Å². The smallest absolute Gasteiger partial charge is 0.296 e. The summed E-state index contributed by atoms with van der Waals surface area (Å²) in [6.07, 6.45) is 1.49. The average Bonchev–Trinajstić information content (AvgIpc) is 3.37. The highest BCUT2D eigenvalue weighted by Crippen LogP contribution is 2.40.